The van der Waals surface area contributed by atoms with Gasteiger partial charge in [0.05, 0.1) is 12.2 Å². The Balaban J connectivity index is 1.86. The first-order chi connectivity index (χ1) is 11.9. The number of benzene rings is 2. The van der Waals surface area contributed by atoms with E-state index in [1.807, 2.05) is 32.0 Å². The molecule has 3 rings (SSSR count). The molecule has 5 nitrogen and oxygen atoms in total. The summed E-state index contributed by atoms with van der Waals surface area (Å²) in [5.74, 6) is 2.42. The molecule has 3 aromatic rings. The van der Waals surface area contributed by atoms with Gasteiger partial charge in [0.25, 0.3) is 0 Å². The molecule has 0 saturated heterocycles. The van der Waals surface area contributed by atoms with Crippen molar-refractivity contribution in [3.05, 3.63) is 63.3 Å². The van der Waals surface area contributed by atoms with E-state index in [1.54, 1.807) is 19.1 Å². The zero-order valence-corrected chi connectivity index (χ0v) is 15.6. The quantitative estimate of drug-likeness (QED) is 0.617. The molecule has 0 bridgehead atoms. The molecule has 1 N–H and O–H groups in total. The van der Waals surface area contributed by atoms with Gasteiger partial charge in [0.1, 0.15) is 5.75 Å². The summed E-state index contributed by atoms with van der Waals surface area (Å²) in [4.78, 5) is 0. The van der Waals surface area contributed by atoms with E-state index >= 15 is 0 Å². The first-order valence-corrected chi connectivity index (χ1v) is 8.45. The highest BCUT2D eigenvalue weighted by atomic mass is 35.5. The molecule has 1 aromatic heterocycles. The van der Waals surface area contributed by atoms with Gasteiger partial charge in [-0.2, -0.15) is 0 Å². The van der Waals surface area contributed by atoms with Crippen LogP contribution < -0.4 is 10.1 Å². The number of rotatable bonds is 5. The molecule has 0 aliphatic rings. The fourth-order valence-electron chi connectivity index (χ4n) is 2.48. The van der Waals surface area contributed by atoms with Crippen LogP contribution in [0.1, 0.15) is 22.9 Å². The van der Waals surface area contributed by atoms with Crippen molar-refractivity contribution in [2.24, 2.45) is 0 Å². The van der Waals surface area contributed by atoms with Gasteiger partial charge in [0.15, 0.2) is 5.75 Å². The lowest BCUT2D eigenvalue weighted by molar-refractivity contribution is 0.469. The SMILES string of the molecule is Cc1nnc(CNc2cc(Cl)ccc2Oc2c(C)cc(Cl)cc2C)o1. The highest BCUT2D eigenvalue weighted by Gasteiger charge is 2.12. The summed E-state index contributed by atoms with van der Waals surface area (Å²) >= 11 is 12.2. The number of nitrogens with one attached hydrogen (secondary N) is 1. The third kappa shape index (κ3) is 4.24. The van der Waals surface area contributed by atoms with Crippen LogP contribution in [0.4, 0.5) is 5.69 Å². The van der Waals surface area contributed by atoms with Crippen LogP contribution in [0.5, 0.6) is 11.5 Å². The third-order valence-corrected chi connectivity index (χ3v) is 4.03. The number of hydrogen-bond acceptors (Lipinski definition) is 5. The third-order valence-electron chi connectivity index (χ3n) is 3.58. The molecule has 0 saturated carbocycles. The zero-order chi connectivity index (χ0) is 18.0. The lowest BCUT2D eigenvalue weighted by Crippen LogP contribution is -2.02. The van der Waals surface area contributed by atoms with Gasteiger partial charge in [0.2, 0.25) is 11.8 Å². The zero-order valence-electron chi connectivity index (χ0n) is 14.1. The van der Waals surface area contributed by atoms with Gasteiger partial charge in [-0.1, -0.05) is 23.2 Å². The normalized spacial score (nSPS) is 10.8. The van der Waals surface area contributed by atoms with Crippen molar-refractivity contribution in [1.29, 1.82) is 0 Å². The van der Waals surface area contributed by atoms with Gasteiger partial charge in [-0.25, -0.2) is 0 Å². The van der Waals surface area contributed by atoms with Gasteiger partial charge < -0.3 is 14.5 Å². The molecule has 0 spiro atoms. The second-order valence-corrected chi connectivity index (χ2v) is 6.55. The maximum Gasteiger partial charge on any atom is 0.235 e. The Morgan fingerprint density at radius 1 is 1.00 bits per heavy atom. The number of halogens is 2. The average Bonchev–Trinajstić information content (AvgIpc) is 2.96. The Morgan fingerprint density at radius 3 is 2.36 bits per heavy atom. The van der Waals surface area contributed by atoms with E-state index in [9.17, 15) is 0 Å². The fraction of sp³-hybridized carbons (Fsp3) is 0.222. The van der Waals surface area contributed by atoms with Gasteiger partial charge in [-0.3, -0.25) is 0 Å². The molecule has 130 valence electrons. The average molecular weight is 378 g/mol. The second kappa shape index (κ2) is 7.33. The lowest BCUT2D eigenvalue weighted by Gasteiger charge is -2.16. The standard InChI is InChI=1S/C18H17Cl2N3O2/c1-10-6-14(20)7-11(2)18(10)25-16-5-4-13(19)8-15(16)21-9-17-23-22-12(3)24-17/h4-8,21H,9H2,1-3H3. The Hall–Kier alpha value is -2.24. The molecule has 25 heavy (non-hydrogen) atoms. The molecule has 0 atom stereocenters. The topological polar surface area (TPSA) is 60.2 Å². The smallest absolute Gasteiger partial charge is 0.235 e. The predicted molar refractivity (Wildman–Crippen MR) is 98.8 cm³/mol. The summed E-state index contributed by atoms with van der Waals surface area (Å²) in [5, 5.41) is 12.3. The van der Waals surface area contributed by atoms with Crippen LogP contribution in [-0.2, 0) is 6.54 Å². The number of nitrogens with zero attached hydrogens (tertiary/aromatic N) is 2. The minimum atomic E-state index is 0.371. The van der Waals surface area contributed by atoms with Gasteiger partial charge in [-0.15, -0.1) is 10.2 Å². The number of hydrogen-bond donors (Lipinski definition) is 1. The van der Waals surface area contributed by atoms with Gasteiger partial charge in [-0.05, 0) is 55.3 Å². The molecule has 7 heteroatoms. The van der Waals surface area contributed by atoms with Crippen LogP contribution in [0.25, 0.3) is 0 Å². The van der Waals surface area contributed by atoms with Crippen molar-refractivity contribution >= 4 is 28.9 Å². The first-order valence-electron chi connectivity index (χ1n) is 7.69. The Bertz CT molecular complexity index is 886. The first kappa shape index (κ1) is 17.6. The van der Waals surface area contributed by atoms with E-state index in [-0.39, 0.29) is 0 Å². The lowest BCUT2D eigenvalue weighted by atomic mass is 10.1. The van der Waals surface area contributed by atoms with E-state index < -0.39 is 0 Å². The van der Waals surface area contributed by atoms with E-state index in [2.05, 4.69) is 15.5 Å². The van der Waals surface area contributed by atoms with Crippen molar-refractivity contribution in [2.75, 3.05) is 5.32 Å². The van der Waals surface area contributed by atoms with Crippen molar-refractivity contribution in [1.82, 2.24) is 10.2 Å². The van der Waals surface area contributed by atoms with Crippen LogP contribution in [0.3, 0.4) is 0 Å². The molecular weight excluding hydrogens is 361 g/mol. The highest BCUT2D eigenvalue weighted by molar-refractivity contribution is 6.31. The summed E-state index contributed by atoms with van der Waals surface area (Å²) in [6, 6.07) is 9.12. The van der Waals surface area contributed by atoms with E-state index in [0.717, 1.165) is 22.6 Å². The summed E-state index contributed by atoms with van der Waals surface area (Å²) in [7, 11) is 0. The van der Waals surface area contributed by atoms with Crippen molar-refractivity contribution in [2.45, 2.75) is 27.3 Å². The molecule has 0 amide bonds. The number of ether oxygens (including phenoxy) is 1. The van der Waals surface area contributed by atoms with E-state index in [1.165, 1.54) is 0 Å². The largest absolute Gasteiger partial charge is 0.455 e. The van der Waals surface area contributed by atoms with Crippen LogP contribution in [0.15, 0.2) is 34.7 Å². The molecule has 0 unspecified atom stereocenters. The van der Waals surface area contributed by atoms with Crippen LogP contribution in [0, 0.1) is 20.8 Å². The molecule has 0 aliphatic heterocycles. The molecule has 1 heterocycles. The maximum atomic E-state index is 6.13. The van der Waals surface area contributed by atoms with Crippen molar-refractivity contribution < 1.29 is 9.15 Å². The molecule has 0 radical (unpaired) electrons. The minimum absolute atomic E-state index is 0.371. The predicted octanol–water partition coefficient (Wildman–Crippen LogP) is 5.71. The van der Waals surface area contributed by atoms with Gasteiger partial charge in [0, 0.05) is 17.0 Å². The summed E-state index contributed by atoms with van der Waals surface area (Å²) in [6.45, 7) is 6.03. The minimum Gasteiger partial charge on any atom is -0.455 e. The van der Waals surface area contributed by atoms with Crippen LogP contribution >= 0.6 is 23.2 Å². The maximum absolute atomic E-state index is 6.13. The van der Waals surface area contributed by atoms with Crippen LogP contribution in [-0.4, -0.2) is 10.2 Å². The fourth-order valence-corrected chi connectivity index (χ4v) is 2.98. The van der Waals surface area contributed by atoms with Crippen molar-refractivity contribution in [3.8, 4) is 11.5 Å². The Labute approximate surface area is 155 Å². The Kier molecular flexibility index (Phi) is 5.16. The number of anilines is 1. The second-order valence-electron chi connectivity index (χ2n) is 5.68. The Morgan fingerprint density at radius 2 is 1.72 bits per heavy atom. The molecule has 2 aromatic carbocycles. The highest BCUT2D eigenvalue weighted by Crippen LogP contribution is 2.36. The van der Waals surface area contributed by atoms with Gasteiger partial charge >= 0.3 is 0 Å². The summed E-state index contributed by atoms with van der Waals surface area (Å²) < 4.78 is 11.5. The number of aromatic nitrogens is 2. The van der Waals surface area contributed by atoms with Crippen molar-refractivity contribution in [3.63, 3.8) is 0 Å². The van der Waals surface area contributed by atoms with E-state index in [4.69, 9.17) is 32.4 Å². The molecule has 0 fully saturated rings. The molecular formula is C18H17Cl2N3O2. The number of aryl methyl sites for hydroxylation is 3. The summed E-state index contributed by atoms with van der Waals surface area (Å²) in [6.07, 6.45) is 0. The molecule has 0 aliphatic carbocycles. The summed E-state index contributed by atoms with van der Waals surface area (Å²) in [5.41, 5.74) is 2.65. The van der Waals surface area contributed by atoms with Crippen LogP contribution in [0.2, 0.25) is 10.0 Å². The van der Waals surface area contributed by atoms with E-state index in [0.29, 0.717) is 34.1 Å². The monoisotopic (exact) mass is 377 g/mol.